The number of nitrogens with one attached hydrogen (secondary N) is 1. The summed E-state index contributed by atoms with van der Waals surface area (Å²) in [5.74, 6) is -0.623. The minimum Gasteiger partial charge on any atom is -0.497 e. The number of hydrogen-bond acceptors (Lipinski definition) is 5. The second-order valence-corrected chi connectivity index (χ2v) is 5.45. The van der Waals surface area contributed by atoms with Crippen molar-refractivity contribution in [3.05, 3.63) is 28.1 Å². The van der Waals surface area contributed by atoms with Crippen LogP contribution in [0.15, 0.2) is 12.1 Å². The van der Waals surface area contributed by atoms with Gasteiger partial charge >= 0.3 is 5.69 Å². The zero-order chi connectivity index (χ0) is 15.9. The van der Waals surface area contributed by atoms with E-state index in [0.717, 1.165) is 25.7 Å². The van der Waals surface area contributed by atoms with Crippen molar-refractivity contribution < 1.29 is 14.1 Å². The zero-order valence-electron chi connectivity index (χ0n) is 12.8. The van der Waals surface area contributed by atoms with Crippen LogP contribution in [0.2, 0.25) is 0 Å². The molecule has 0 bridgehead atoms. The first kappa shape index (κ1) is 16.5. The van der Waals surface area contributed by atoms with Crippen molar-refractivity contribution in [2.75, 3.05) is 38.6 Å². The number of nitrogens with zero attached hydrogens (tertiary/aromatic N) is 2. The normalized spacial score (nSPS) is 16.1. The van der Waals surface area contributed by atoms with Crippen LogP contribution >= 0.6 is 0 Å². The predicted octanol–water partition coefficient (Wildman–Crippen LogP) is 3.03. The van der Waals surface area contributed by atoms with E-state index in [4.69, 9.17) is 4.74 Å². The Balaban J connectivity index is 2.01. The fourth-order valence-electron chi connectivity index (χ4n) is 2.72. The highest BCUT2D eigenvalue weighted by atomic mass is 19.1. The predicted molar refractivity (Wildman–Crippen MR) is 83.0 cm³/mol. The Morgan fingerprint density at radius 1 is 1.32 bits per heavy atom. The molecular weight excluding hydrogens is 289 g/mol. The molecule has 1 saturated heterocycles. The maximum atomic E-state index is 13.8. The third kappa shape index (κ3) is 4.30. The van der Waals surface area contributed by atoms with E-state index < -0.39 is 16.4 Å². The summed E-state index contributed by atoms with van der Waals surface area (Å²) in [5, 5.41) is 14.0. The monoisotopic (exact) mass is 311 g/mol. The van der Waals surface area contributed by atoms with E-state index >= 15 is 0 Å². The quantitative estimate of drug-likeness (QED) is 0.646. The topological polar surface area (TPSA) is 67.6 Å². The minimum absolute atomic E-state index is 0.164. The average Bonchev–Trinajstić information content (AvgIpc) is 2.75. The molecule has 1 N–H and O–H groups in total. The first-order valence-electron chi connectivity index (χ1n) is 7.60. The second kappa shape index (κ2) is 7.93. The summed E-state index contributed by atoms with van der Waals surface area (Å²) >= 11 is 0. The molecule has 0 amide bonds. The van der Waals surface area contributed by atoms with Crippen molar-refractivity contribution in [3.63, 3.8) is 0 Å². The molecule has 1 aliphatic rings. The van der Waals surface area contributed by atoms with Gasteiger partial charge in [-0.25, -0.2) is 0 Å². The highest BCUT2D eigenvalue weighted by Gasteiger charge is 2.22. The number of rotatable bonds is 6. The van der Waals surface area contributed by atoms with Crippen LogP contribution in [-0.4, -0.2) is 43.1 Å². The van der Waals surface area contributed by atoms with E-state index in [9.17, 15) is 14.5 Å². The molecule has 0 unspecified atom stereocenters. The van der Waals surface area contributed by atoms with E-state index in [-0.39, 0.29) is 11.4 Å². The molecule has 0 aliphatic carbocycles. The Kier molecular flexibility index (Phi) is 5.94. The van der Waals surface area contributed by atoms with Gasteiger partial charge in [0.05, 0.1) is 12.0 Å². The number of halogens is 1. The lowest BCUT2D eigenvalue weighted by Crippen LogP contribution is -2.30. The van der Waals surface area contributed by atoms with Gasteiger partial charge in [0.2, 0.25) is 5.82 Å². The fourth-order valence-corrected chi connectivity index (χ4v) is 2.72. The summed E-state index contributed by atoms with van der Waals surface area (Å²) in [5.41, 5.74) is -0.367. The van der Waals surface area contributed by atoms with Gasteiger partial charge in [0.25, 0.3) is 0 Å². The number of methoxy groups -OCH3 is 1. The molecule has 1 aliphatic heterocycles. The molecule has 0 saturated carbocycles. The van der Waals surface area contributed by atoms with Crippen LogP contribution in [-0.2, 0) is 0 Å². The van der Waals surface area contributed by atoms with Gasteiger partial charge in [-0.15, -0.1) is 0 Å². The molecule has 22 heavy (non-hydrogen) atoms. The van der Waals surface area contributed by atoms with Gasteiger partial charge in [-0.2, -0.15) is 4.39 Å². The molecule has 7 heteroatoms. The van der Waals surface area contributed by atoms with Gasteiger partial charge < -0.3 is 15.0 Å². The van der Waals surface area contributed by atoms with Crippen LogP contribution in [0.1, 0.15) is 25.7 Å². The van der Waals surface area contributed by atoms with Crippen LogP contribution < -0.4 is 10.1 Å². The summed E-state index contributed by atoms with van der Waals surface area (Å²) in [4.78, 5) is 12.7. The number of likely N-dealkylation sites (tertiary alicyclic amines) is 1. The van der Waals surface area contributed by atoms with Crippen molar-refractivity contribution in [2.24, 2.45) is 0 Å². The molecule has 1 aromatic carbocycles. The van der Waals surface area contributed by atoms with Crippen molar-refractivity contribution in [3.8, 4) is 5.75 Å². The average molecular weight is 311 g/mol. The number of benzene rings is 1. The summed E-state index contributed by atoms with van der Waals surface area (Å²) < 4.78 is 18.8. The lowest BCUT2D eigenvalue weighted by atomic mass is 10.2. The first-order chi connectivity index (χ1) is 10.6. The molecule has 0 radical (unpaired) electrons. The van der Waals surface area contributed by atoms with Gasteiger partial charge in [0, 0.05) is 25.2 Å². The lowest BCUT2D eigenvalue weighted by molar-refractivity contribution is -0.386. The highest BCUT2D eigenvalue weighted by molar-refractivity contribution is 5.65. The third-order valence-corrected chi connectivity index (χ3v) is 3.90. The summed E-state index contributed by atoms with van der Waals surface area (Å²) in [6.45, 7) is 3.43. The largest absolute Gasteiger partial charge is 0.497 e. The van der Waals surface area contributed by atoms with Gasteiger partial charge in [-0.3, -0.25) is 10.1 Å². The highest BCUT2D eigenvalue weighted by Crippen LogP contribution is 2.32. The zero-order valence-corrected chi connectivity index (χ0v) is 12.8. The van der Waals surface area contributed by atoms with Crippen molar-refractivity contribution in [1.82, 2.24) is 4.90 Å². The maximum Gasteiger partial charge on any atom is 0.327 e. The second-order valence-electron chi connectivity index (χ2n) is 5.45. The van der Waals surface area contributed by atoms with Gasteiger partial charge in [-0.05, 0) is 25.9 Å². The first-order valence-corrected chi connectivity index (χ1v) is 7.60. The summed E-state index contributed by atoms with van der Waals surface area (Å²) in [6, 6.07) is 2.49. The lowest BCUT2D eigenvalue weighted by Gasteiger charge is -2.20. The fraction of sp³-hybridized carbons (Fsp3) is 0.600. The van der Waals surface area contributed by atoms with Crippen LogP contribution in [0.5, 0.6) is 5.75 Å². The number of nitro groups is 1. The Bertz CT molecular complexity index is 517. The smallest absolute Gasteiger partial charge is 0.327 e. The van der Waals surface area contributed by atoms with Crippen LogP contribution in [0.25, 0.3) is 0 Å². The minimum atomic E-state index is -0.887. The van der Waals surface area contributed by atoms with Gasteiger partial charge in [0.15, 0.2) is 0 Å². The Morgan fingerprint density at radius 2 is 2.00 bits per heavy atom. The number of anilines is 1. The van der Waals surface area contributed by atoms with E-state index in [1.54, 1.807) is 0 Å². The number of hydrogen-bond donors (Lipinski definition) is 1. The Labute approximate surface area is 129 Å². The van der Waals surface area contributed by atoms with E-state index in [2.05, 4.69) is 10.2 Å². The van der Waals surface area contributed by atoms with Crippen LogP contribution in [0.4, 0.5) is 15.8 Å². The molecule has 2 rings (SSSR count). The van der Waals surface area contributed by atoms with Gasteiger partial charge in [0.1, 0.15) is 11.4 Å². The molecule has 1 aromatic rings. The van der Waals surface area contributed by atoms with Crippen LogP contribution in [0, 0.1) is 15.9 Å². The van der Waals surface area contributed by atoms with Crippen LogP contribution in [0.3, 0.4) is 0 Å². The number of nitro benzene ring substituents is 1. The van der Waals surface area contributed by atoms with E-state index in [1.165, 1.54) is 38.9 Å². The molecule has 0 spiro atoms. The molecule has 1 heterocycles. The van der Waals surface area contributed by atoms with E-state index in [0.29, 0.717) is 6.54 Å². The SMILES string of the molecule is COc1cc(F)c([N+](=O)[O-])c(NCCN2CCCCCC2)c1. The number of ether oxygens (including phenoxy) is 1. The van der Waals surface area contributed by atoms with E-state index in [1.807, 2.05) is 0 Å². The third-order valence-electron chi connectivity index (χ3n) is 3.90. The summed E-state index contributed by atoms with van der Waals surface area (Å²) in [7, 11) is 1.40. The van der Waals surface area contributed by atoms with Crippen molar-refractivity contribution >= 4 is 11.4 Å². The molecule has 1 fully saturated rings. The van der Waals surface area contributed by atoms with Crippen molar-refractivity contribution in [2.45, 2.75) is 25.7 Å². The molecular formula is C15H22FN3O3. The summed E-state index contributed by atoms with van der Waals surface area (Å²) in [6.07, 6.45) is 4.90. The molecule has 0 aromatic heterocycles. The Hall–Kier alpha value is -1.89. The van der Waals surface area contributed by atoms with Gasteiger partial charge in [-0.1, -0.05) is 12.8 Å². The standard InChI is InChI=1S/C15H22FN3O3/c1-22-12-10-13(16)15(19(20)21)14(11-12)17-6-9-18-7-4-2-3-5-8-18/h10-11,17H,2-9H2,1H3. The van der Waals surface area contributed by atoms with Crippen molar-refractivity contribution in [1.29, 1.82) is 0 Å². The molecule has 122 valence electrons. The molecule has 0 atom stereocenters. The molecule has 6 nitrogen and oxygen atoms in total. The maximum absolute atomic E-state index is 13.8. The Morgan fingerprint density at radius 3 is 2.59 bits per heavy atom.